The van der Waals surface area contributed by atoms with E-state index in [0.29, 0.717) is 24.7 Å². The topological polar surface area (TPSA) is 193 Å². The SMILES string of the molecule is COC(=O)NC(C(=O)N1CCCC1c1ncc(-c2ccc3cc(-c4ccc5nc(C6CCCN6C(=O)C(NC(=O)OC)C(C)OC)[nH]c5c4)ccc3c2)[nH]1)C(C)OC. The van der Waals surface area contributed by atoms with Gasteiger partial charge < -0.3 is 49.3 Å². The molecule has 16 heteroatoms. The molecule has 6 atom stereocenters. The zero-order valence-corrected chi connectivity index (χ0v) is 33.5. The molecule has 4 amide bonds. The fourth-order valence-electron chi connectivity index (χ4n) is 8.00. The third kappa shape index (κ3) is 8.07. The van der Waals surface area contributed by atoms with E-state index in [1.165, 1.54) is 28.4 Å². The summed E-state index contributed by atoms with van der Waals surface area (Å²) in [6.45, 7) is 4.54. The van der Waals surface area contributed by atoms with E-state index in [2.05, 4.69) is 63.1 Å². The number of imidazole rings is 2. The highest BCUT2D eigenvalue weighted by Gasteiger charge is 2.40. The molecule has 0 bridgehead atoms. The van der Waals surface area contributed by atoms with E-state index in [1.807, 2.05) is 12.1 Å². The molecule has 2 aliphatic heterocycles. The van der Waals surface area contributed by atoms with Gasteiger partial charge in [-0.2, -0.15) is 0 Å². The first kappa shape index (κ1) is 40.2. The Balaban J connectivity index is 1.07. The van der Waals surface area contributed by atoms with Crippen molar-refractivity contribution >= 4 is 45.8 Å². The van der Waals surface area contributed by atoms with Crippen LogP contribution in [0.5, 0.6) is 0 Å². The van der Waals surface area contributed by atoms with Crippen molar-refractivity contribution in [2.24, 2.45) is 0 Å². The molecule has 306 valence electrons. The molecule has 58 heavy (non-hydrogen) atoms. The van der Waals surface area contributed by atoms with Gasteiger partial charge in [-0.25, -0.2) is 19.6 Å². The van der Waals surface area contributed by atoms with Gasteiger partial charge in [0.05, 0.1) is 61.4 Å². The molecule has 7 rings (SSSR count). The third-order valence-corrected chi connectivity index (χ3v) is 11.4. The standard InChI is InChI=1S/C42H50N8O8/c1-23(55-3)35(47-41(53)57-5)39(51)49-17-7-9-33(49)37-43-22-32(46-37)29-14-13-25-19-26(11-12-27(25)20-29)28-15-16-30-31(21-28)45-38(44-30)34-10-8-18-50(34)40(52)36(24(2)56-4)48-42(54)58-6/h11-16,19-24,33-36H,7-10,17-18H2,1-6H3,(H,43,46)(H,44,45)(H,47,53)(H,48,54). The molecule has 2 aliphatic rings. The number of likely N-dealkylation sites (tertiary alicyclic amines) is 2. The van der Waals surface area contributed by atoms with E-state index in [-0.39, 0.29) is 23.9 Å². The molecule has 0 spiro atoms. The van der Waals surface area contributed by atoms with Gasteiger partial charge in [-0.1, -0.05) is 30.3 Å². The molecule has 0 saturated carbocycles. The number of nitrogens with one attached hydrogen (secondary N) is 4. The van der Waals surface area contributed by atoms with Gasteiger partial charge in [0.2, 0.25) is 11.8 Å². The number of alkyl carbamates (subject to hydrolysis) is 2. The molecule has 3 aromatic carbocycles. The molecule has 2 aromatic heterocycles. The quantitative estimate of drug-likeness (QED) is 0.123. The predicted molar refractivity (Wildman–Crippen MR) is 216 cm³/mol. The molecule has 4 N–H and O–H groups in total. The van der Waals surface area contributed by atoms with Crippen molar-refractivity contribution in [2.45, 2.75) is 75.9 Å². The van der Waals surface area contributed by atoms with Crippen LogP contribution in [0.2, 0.25) is 0 Å². The molecule has 4 heterocycles. The molecule has 6 unspecified atom stereocenters. The Morgan fingerprint density at radius 3 is 1.78 bits per heavy atom. The van der Waals surface area contributed by atoms with Crippen LogP contribution in [0.25, 0.3) is 44.2 Å². The minimum absolute atomic E-state index is 0.249. The average Bonchev–Trinajstić information content (AvgIpc) is 4.09. The highest BCUT2D eigenvalue weighted by molar-refractivity contribution is 5.92. The van der Waals surface area contributed by atoms with Gasteiger partial charge in [-0.15, -0.1) is 0 Å². The van der Waals surface area contributed by atoms with Crippen molar-refractivity contribution < 1.29 is 38.1 Å². The maximum atomic E-state index is 13.7. The van der Waals surface area contributed by atoms with E-state index in [0.717, 1.165) is 69.9 Å². The third-order valence-electron chi connectivity index (χ3n) is 11.4. The van der Waals surface area contributed by atoms with Crippen LogP contribution in [0.15, 0.2) is 60.8 Å². The number of fused-ring (bicyclic) bond motifs is 2. The average molecular weight is 795 g/mol. The van der Waals surface area contributed by atoms with Crippen molar-refractivity contribution in [3.63, 3.8) is 0 Å². The molecule has 0 aliphatic carbocycles. The molecule has 2 saturated heterocycles. The summed E-state index contributed by atoms with van der Waals surface area (Å²) in [4.78, 5) is 71.5. The van der Waals surface area contributed by atoms with E-state index < -0.39 is 36.5 Å². The molecule has 2 fully saturated rings. The summed E-state index contributed by atoms with van der Waals surface area (Å²) < 4.78 is 20.3. The summed E-state index contributed by atoms with van der Waals surface area (Å²) in [6.07, 6.45) is 2.36. The normalized spacial score (nSPS) is 18.9. The number of amides is 4. The van der Waals surface area contributed by atoms with Crippen molar-refractivity contribution in [3.8, 4) is 22.4 Å². The lowest BCUT2D eigenvalue weighted by molar-refractivity contribution is -0.138. The minimum atomic E-state index is -0.905. The van der Waals surface area contributed by atoms with Gasteiger partial charge >= 0.3 is 12.2 Å². The molecular weight excluding hydrogens is 745 g/mol. The lowest BCUT2D eigenvalue weighted by atomic mass is 9.99. The van der Waals surface area contributed by atoms with E-state index in [4.69, 9.17) is 28.9 Å². The largest absolute Gasteiger partial charge is 0.453 e. The van der Waals surface area contributed by atoms with Gasteiger partial charge in [0.1, 0.15) is 23.7 Å². The lowest BCUT2D eigenvalue weighted by Crippen LogP contribution is -2.54. The van der Waals surface area contributed by atoms with Gasteiger partial charge in [-0.3, -0.25) is 9.59 Å². The monoisotopic (exact) mass is 794 g/mol. The summed E-state index contributed by atoms with van der Waals surface area (Å²) in [5, 5.41) is 7.38. The summed E-state index contributed by atoms with van der Waals surface area (Å²) in [5.74, 6) is 0.878. The number of aromatic nitrogens is 4. The van der Waals surface area contributed by atoms with Crippen LogP contribution < -0.4 is 10.6 Å². The first-order chi connectivity index (χ1) is 28.0. The summed E-state index contributed by atoms with van der Waals surface area (Å²) >= 11 is 0. The number of carbonyl (C=O) groups excluding carboxylic acids is 4. The van der Waals surface area contributed by atoms with Crippen molar-refractivity contribution in [3.05, 3.63) is 72.4 Å². The number of hydrogen-bond acceptors (Lipinski definition) is 10. The summed E-state index contributed by atoms with van der Waals surface area (Å²) in [7, 11) is 5.51. The smallest absolute Gasteiger partial charge is 0.407 e. The van der Waals surface area contributed by atoms with Crippen LogP contribution in [-0.4, -0.2) is 120 Å². The van der Waals surface area contributed by atoms with Crippen LogP contribution in [0, 0.1) is 0 Å². The number of H-pyrrole nitrogens is 2. The second-order valence-corrected chi connectivity index (χ2v) is 14.8. The van der Waals surface area contributed by atoms with Crippen LogP contribution in [0.3, 0.4) is 0 Å². The van der Waals surface area contributed by atoms with Gasteiger partial charge in [0.25, 0.3) is 0 Å². The van der Waals surface area contributed by atoms with Crippen LogP contribution in [-0.2, 0) is 28.5 Å². The summed E-state index contributed by atoms with van der Waals surface area (Å²) in [5.41, 5.74) is 5.51. The Morgan fingerprint density at radius 2 is 1.21 bits per heavy atom. The number of benzene rings is 3. The second kappa shape index (κ2) is 17.2. The Morgan fingerprint density at radius 1 is 0.690 bits per heavy atom. The molecule has 16 nitrogen and oxygen atoms in total. The van der Waals surface area contributed by atoms with Crippen molar-refractivity contribution in [1.29, 1.82) is 0 Å². The van der Waals surface area contributed by atoms with Gasteiger partial charge in [-0.05, 0) is 85.7 Å². The van der Waals surface area contributed by atoms with E-state index in [9.17, 15) is 19.2 Å². The Kier molecular flexibility index (Phi) is 12.0. The van der Waals surface area contributed by atoms with Gasteiger partial charge in [0.15, 0.2) is 0 Å². The Hall–Kier alpha value is -6.00. The highest BCUT2D eigenvalue weighted by Crippen LogP contribution is 2.36. The van der Waals surface area contributed by atoms with E-state index in [1.54, 1.807) is 29.8 Å². The highest BCUT2D eigenvalue weighted by atomic mass is 16.5. The van der Waals surface area contributed by atoms with Crippen LogP contribution >= 0.6 is 0 Å². The zero-order chi connectivity index (χ0) is 41.1. The van der Waals surface area contributed by atoms with Crippen LogP contribution in [0.4, 0.5) is 9.59 Å². The Bertz CT molecular complexity index is 2310. The maximum absolute atomic E-state index is 13.7. The predicted octanol–water partition coefficient (Wildman–Crippen LogP) is 5.62. The fraction of sp³-hybridized carbons (Fsp3) is 0.429. The number of aromatic amines is 2. The first-order valence-corrected chi connectivity index (χ1v) is 19.5. The second-order valence-electron chi connectivity index (χ2n) is 14.8. The first-order valence-electron chi connectivity index (χ1n) is 19.5. The van der Waals surface area contributed by atoms with E-state index >= 15 is 0 Å². The Labute approximate surface area is 336 Å². The van der Waals surface area contributed by atoms with Crippen LogP contribution in [0.1, 0.15) is 63.3 Å². The maximum Gasteiger partial charge on any atom is 0.407 e. The molecular formula is C42H50N8O8. The lowest BCUT2D eigenvalue weighted by Gasteiger charge is -2.30. The number of rotatable bonds is 12. The summed E-state index contributed by atoms with van der Waals surface area (Å²) in [6, 6.07) is 16.3. The number of methoxy groups -OCH3 is 4. The van der Waals surface area contributed by atoms with Crippen molar-refractivity contribution in [2.75, 3.05) is 41.5 Å². The molecule has 5 aromatic rings. The zero-order valence-electron chi connectivity index (χ0n) is 33.5. The van der Waals surface area contributed by atoms with Crippen molar-refractivity contribution in [1.82, 2.24) is 40.4 Å². The number of carbonyl (C=O) groups is 4. The fourth-order valence-corrected chi connectivity index (χ4v) is 8.00. The number of hydrogen-bond donors (Lipinski definition) is 4. The number of ether oxygens (including phenoxy) is 4. The molecule has 0 radical (unpaired) electrons. The number of nitrogens with zero attached hydrogens (tertiary/aromatic N) is 4. The minimum Gasteiger partial charge on any atom is -0.453 e. The van der Waals surface area contributed by atoms with Gasteiger partial charge in [0, 0.05) is 32.9 Å².